The Morgan fingerprint density at radius 1 is 1.33 bits per heavy atom. The normalized spacial score (nSPS) is 17.0. The molecule has 0 saturated heterocycles. The van der Waals surface area contributed by atoms with Crippen molar-refractivity contribution in [1.29, 1.82) is 5.26 Å². The molecule has 1 saturated carbocycles. The number of rotatable bonds is 6. The second-order valence-electron chi connectivity index (χ2n) is 6.04. The van der Waals surface area contributed by atoms with E-state index in [1.165, 1.54) is 0 Å². The average Bonchev–Trinajstić information content (AvgIpc) is 2.38. The highest BCUT2D eigenvalue weighted by atomic mass is 16.4. The summed E-state index contributed by atoms with van der Waals surface area (Å²) in [5.41, 5.74) is -0.638. The first-order valence-corrected chi connectivity index (χ1v) is 7.58. The predicted octanol–water partition coefficient (Wildman–Crippen LogP) is 2.50. The largest absolute Gasteiger partial charge is 0.481 e. The van der Waals surface area contributed by atoms with Gasteiger partial charge >= 0.3 is 12.0 Å². The fraction of sp³-hybridized carbons (Fsp3) is 0.800. The number of hydrogen-bond donors (Lipinski definition) is 2. The Hall–Kier alpha value is -1.77. The molecule has 0 aromatic carbocycles. The molecule has 1 fully saturated rings. The summed E-state index contributed by atoms with van der Waals surface area (Å²) in [6.45, 7) is 4.15. The quantitative estimate of drug-likeness (QED) is 0.787. The summed E-state index contributed by atoms with van der Waals surface area (Å²) in [6, 6.07) is 1.75. The van der Waals surface area contributed by atoms with E-state index in [2.05, 4.69) is 5.32 Å². The van der Waals surface area contributed by atoms with E-state index in [4.69, 9.17) is 10.4 Å². The Labute approximate surface area is 126 Å². The first kappa shape index (κ1) is 17.3. The molecule has 0 atom stereocenters. The summed E-state index contributed by atoms with van der Waals surface area (Å²) in [5, 5.41) is 20.8. The summed E-state index contributed by atoms with van der Waals surface area (Å²) in [7, 11) is 0. The van der Waals surface area contributed by atoms with Crippen molar-refractivity contribution in [3.63, 3.8) is 0 Å². The van der Waals surface area contributed by atoms with Crippen LogP contribution in [-0.2, 0) is 4.79 Å². The first-order chi connectivity index (χ1) is 9.90. The summed E-state index contributed by atoms with van der Waals surface area (Å²) in [5.74, 6) is -0.884. The Morgan fingerprint density at radius 2 is 1.95 bits per heavy atom. The van der Waals surface area contributed by atoms with Gasteiger partial charge in [0.2, 0.25) is 0 Å². The zero-order valence-electron chi connectivity index (χ0n) is 12.9. The maximum absolute atomic E-state index is 12.5. The van der Waals surface area contributed by atoms with Gasteiger partial charge in [-0.25, -0.2) is 4.79 Å². The molecule has 1 aliphatic rings. The maximum atomic E-state index is 12.5. The molecule has 0 unspecified atom stereocenters. The highest BCUT2D eigenvalue weighted by Crippen LogP contribution is 2.31. The molecule has 1 rings (SSSR count). The van der Waals surface area contributed by atoms with Crippen LogP contribution >= 0.6 is 0 Å². The molecule has 0 aliphatic heterocycles. The van der Waals surface area contributed by atoms with Crippen LogP contribution in [0.4, 0.5) is 4.79 Å². The minimum absolute atomic E-state index is 0.0242. The van der Waals surface area contributed by atoms with Crippen molar-refractivity contribution in [3.8, 4) is 6.07 Å². The molecule has 21 heavy (non-hydrogen) atoms. The summed E-state index contributed by atoms with van der Waals surface area (Å²) in [4.78, 5) is 25.2. The van der Waals surface area contributed by atoms with Crippen molar-refractivity contribution in [1.82, 2.24) is 10.2 Å². The van der Waals surface area contributed by atoms with E-state index in [1.54, 1.807) is 4.90 Å². The predicted molar refractivity (Wildman–Crippen MR) is 78.7 cm³/mol. The van der Waals surface area contributed by atoms with Crippen LogP contribution in [0.3, 0.4) is 0 Å². The molecule has 1 aliphatic carbocycles. The number of aliphatic carboxylic acids is 1. The van der Waals surface area contributed by atoms with E-state index < -0.39 is 11.5 Å². The number of carboxylic acids is 1. The van der Waals surface area contributed by atoms with Gasteiger partial charge in [-0.05, 0) is 26.7 Å². The van der Waals surface area contributed by atoms with Crippen molar-refractivity contribution in [3.05, 3.63) is 0 Å². The van der Waals surface area contributed by atoms with Gasteiger partial charge < -0.3 is 15.3 Å². The van der Waals surface area contributed by atoms with Crippen LogP contribution in [-0.4, -0.2) is 40.1 Å². The second-order valence-corrected chi connectivity index (χ2v) is 6.04. The van der Waals surface area contributed by atoms with Crippen LogP contribution in [0.1, 0.15) is 58.8 Å². The highest BCUT2D eigenvalue weighted by Gasteiger charge is 2.37. The van der Waals surface area contributed by atoms with Crippen molar-refractivity contribution >= 4 is 12.0 Å². The number of hydrogen-bond acceptors (Lipinski definition) is 3. The van der Waals surface area contributed by atoms with E-state index in [1.807, 2.05) is 19.9 Å². The van der Waals surface area contributed by atoms with Gasteiger partial charge in [-0.1, -0.05) is 19.3 Å². The molecule has 0 radical (unpaired) electrons. The summed E-state index contributed by atoms with van der Waals surface area (Å²) < 4.78 is 0. The van der Waals surface area contributed by atoms with E-state index >= 15 is 0 Å². The number of amides is 2. The van der Waals surface area contributed by atoms with Crippen molar-refractivity contribution in [2.24, 2.45) is 0 Å². The third-order valence-electron chi connectivity index (χ3n) is 4.02. The molecule has 0 bridgehead atoms. The van der Waals surface area contributed by atoms with Crippen LogP contribution in [0.2, 0.25) is 0 Å². The standard InChI is InChI=1S/C15H25N3O3/c1-12(2)18(10-6-9-16)14(21)17-15(11-13(19)20)7-4-3-5-8-15/h12H,3-8,10-11H2,1-2H3,(H,17,21)(H,19,20). The molecule has 6 heteroatoms. The zero-order chi connectivity index (χ0) is 15.9. The van der Waals surface area contributed by atoms with E-state index in [0.717, 1.165) is 19.3 Å². The Kier molecular flexibility index (Phi) is 6.47. The van der Waals surface area contributed by atoms with Crippen LogP contribution in [0.5, 0.6) is 0 Å². The van der Waals surface area contributed by atoms with Gasteiger partial charge in [-0.15, -0.1) is 0 Å². The molecule has 2 N–H and O–H groups in total. The van der Waals surface area contributed by atoms with Gasteiger partial charge in [-0.2, -0.15) is 5.26 Å². The number of nitriles is 1. The Bertz CT molecular complexity index is 409. The number of nitrogens with one attached hydrogen (secondary N) is 1. The summed E-state index contributed by atoms with van der Waals surface area (Å²) >= 11 is 0. The molecule has 6 nitrogen and oxygen atoms in total. The number of carboxylic acid groups (broad SMARTS) is 1. The lowest BCUT2D eigenvalue weighted by atomic mass is 9.79. The van der Waals surface area contributed by atoms with Gasteiger partial charge in [0, 0.05) is 12.6 Å². The molecule has 118 valence electrons. The lowest BCUT2D eigenvalue weighted by Crippen LogP contribution is -2.56. The minimum atomic E-state index is -0.884. The van der Waals surface area contributed by atoms with Crippen molar-refractivity contribution < 1.29 is 14.7 Å². The monoisotopic (exact) mass is 295 g/mol. The third kappa shape index (κ3) is 5.25. The van der Waals surface area contributed by atoms with Gasteiger partial charge in [0.05, 0.1) is 24.4 Å². The lowest BCUT2D eigenvalue weighted by molar-refractivity contribution is -0.139. The fourth-order valence-electron chi connectivity index (χ4n) is 2.93. The Morgan fingerprint density at radius 3 is 2.43 bits per heavy atom. The summed E-state index contributed by atoms with van der Waals surface area (Å²) in [6.07, 6.45) is 4.60. The van der Waals surface area contributed by atoms with Gasteiger partial charge in [0.15, 0.2) is 0 Å². The molecular formula is C15H25N3O3. The minimum Gasteiger partial charge on any atom is -0.481 e. The third-order valence-corrected chi connectivity index (χ3v) is 4.02. The van der Waals surface area contributed by atoms with Crippen LogP contribution in [0.25, 0.3) is 0 Å². The van der Waals surface area contributed by atoms with Crippen molar-refractivity contribution in [2.75, 3.05) is 6.54 Å². The average molecular weight is 295 g/mol. The van der Waals surface area contributed by atoms with E-state index in [-0.39, 0.29) is 24.9 Å². The molecule has 2 amide bonds. The van der Waals surface area contributed by atoms with E-state index in [0.29, 0.717) is 19.4 Å². The van der Waals surface area contributed by atoms with Crippen LogP contribution in [0, 0.1) is 11.3 Å². The Balaban J connectivity index is 2.78. The van der Waals surface area contributed by atoms with Crippen LogP contribution in [0.15, 0.2) is 0 Å². The molecular weight excluding hydrogens is 270 g/mol. The molecule has 0 aromatic heterocycles. The highest BCUT2D eigenvalue weighted by molar-refractivity contribution is 5.77. The lowest BCUT2D eigenvalue weighted by Gasteiger charge is -2.39. The second kappa shape index (κ2) is 7.87. The number of nitrogens with zero attached hydrogens (tertiary/aromatic N) is 2. The molecule has 0 aromatic rings. The SMILES string of the molecule is CC(C)N(CCC#N)C(=O)NC1(CC(=O)O)CCCCC1. The molecule has 0 heterocycles. The molecule has 0 spiro atoms. The van der Waals surface area contributed by atoms with Gasteiger partial charge in [-0.3, -0.25) is 4.79 Å². The zero-order valence-corrected chi connectivity index (χ0v) is 12.9. The number of urea groups is 1. The van der Waals surface area contributed by atoms with Crippen LogP contribution < -0.4 is 5.32 Å². The maximum Gasteiger partial charge on any atom is 0.318 e. The van der Waals surface area contributed by atoms with Gasteiger partial charge in [0.1, 0.15) is 0 Å². The van der Waals surface area contributed by atoms with Crippen molar-refractivity contribution in [2.45, 2.75) is 70.4 Å². The topological polar surface area (TPSA) is 93.4 Å². The number of carbonyl (C=O) groups is 2. The fourth-order valence-corrected chi connectivity index (χ4v) is 2.93. The first-order valence-electron chi connectivity index (χ1n) is 7.58. The van der Waals surface area contributed by atoms with Gasteiger partial charge in [0.25, 0.3) is 0 Å². The number of carbonyl (C=O) groups excluding carboxylic acids is 1. The smallest absolute Gasteiger partial charge is 0.318 e. The van der Waals surface area contributed by atoms with E-state index in [9.17, 15) is 9.59 Å².